The highest BCUT2D eigenvalue weighted by atomic mass is 32.2. The Morgan fingerprint density at radius 2 is 1.36 bits per heavy atom. The van der Waals surface area contributed by atoms with Crippen LogP contribution < -0.4 is 14.5 Å². The molecule has 172 valence electrons. The third-order valence-electron chi connectivity index (χ3n) is 5.42. The van der Waals surface area contributed by atoms with Gasteiger partial charge in [0, 0.05) is 31.9 Å². The first-order valence-corrected chi connectivity index (χ1v) is 11.6. The van der Waals surface area contributed by atoms with Crippen LogP contribution in [0.2, 0.25) is 0 Å². The Balaban J connectivity index is 1.59. The molecule has 1 fully saturated rings. The molecule has 33 heavy (non-hydrogen) atoms. The summed E-state index contributed by atoms with van der Waals surface area (Å²) in [5, 5.41) is 9.37. The van der Waals surface area contributed by atoms with E-state index in [-0.39, 0.29) is 22.0 Å². The normalized spacial score (nSPS) is 14.2. The van der Waals surface area contributed by atoms with Crippen molar-refractivity contribution in [3.05, 3.63) is 83.9 Å². The topological polar surface area (TPSA) is 89.9 Å². The number of carboxylic acids is 1. The van der Waals surface area contributed by atoms with Crippen molar-refractivity contribution < 1.29 is 27.1 Å². The molecule has 0 radical (unpaired) electrons. The summed E-state index contributed by atoms with van der Waals surface area (Å²) in [6, 6.07) is 14.8. The Kier molecular flexibility index (Phi) is 6.19. The molecule has 0 bridgehead atoms. The van der Waals surface area contributed by atoms with Gasteiger partial charge in [-0.3, -0.25) is 4.72 Å². The number of benzene rings is 3. The van der Waals surface area contributed by atoms with Crippen LogP contribution in [0.15, 0.2) is 71.6 Å². The number of piperazine rings is 1. The SMILES string of the molecule is O=C(O)c1ccc(N2CCN(c3ccc(F)cc3)CC2)c(NS(=O)(=O)c2ccc(F)cc2)c1. The minimum absolute atomic E-state index is 0.0690. The van der Waals surface area contributed by atoms with Crippen molar-refractivity contribution in [2.24, 2.45) is 0 Å². The zero-order valence-corrected chi connectivity index (χ0v) is 18.2. The van der Waals surface area contributed by atoms with E-state index in [4.69, 9.17) is 0 Å². The molecule has 10 heteroatoms. The summed E-state index contributed by atoms with van der Waals surface area (Å²) in [5.74, 6) is -2.07. The minimum atomic E-state index is -4.07. The molecule has 0 unspecified atom stereocenters. The molecule has 3 aromatic rings. The van der Waals surface area contributed by atoms with Crippen molar-refractivity contribution in [1.29, 1.82) is 0 Å². The molecule has 1 aliphatic rings. The second-order valence-electron chi connectivity index (χ2n) is 7.55. The molecule has 0 atom stereocenters. The number of aromatic carboxylic acids is 1. The molecular formula is C23H21F2N3O4S. The number of nitrogens with one attached hydrogen (secondary N) is 1. The largest absolute Gasteiger partial charge is 0.478 e. The first kappa shape index (κ1) is 22.5. The molecule has 4 rings (SSSR count). The minimum Gasteiger partial charge on any atom is -0.478 e. The van der Waals surface area contributed by atoms with Crippen LogP contribution in [0.1, 0.15) is 10.4 Å². The molecule has 0 amide bonds. The molecule has 1 heterocycles. The molecule has 1 saturated heterocycles. The van der Waals surface area contributed by atoms with Crippen LogP contribution >= 0.6 is 0 Å². The highest BCUT2D eigenvalue weighted by molar-refractivity contribution is 7.92. The smallest absolute Gasteiger partial charge is 0.335 e. The fraction of sp³-hybridized carbons (Fsp3) is 0.174. The van der Waals surface area contributed by atoms with Crippen molar-refractivity contribution in [3.63, 3.8) is 0 Å². The molecule has 3 aromatic carbocycles. The van der Waals surface area contributed by atoms with Crippen molar-refractivity contribution in [2.75, 3.05) is 40.7 Å². The van der Waals surface area contributed by atoms with Crippen LogP contribution in [-0.2, 0) is 10.0 Å². The van der Waals surface area contributed by atoms with E-state index >= 15 is 0 Å². The molecule has 7 nitrogen and oxygen atoms in total. The van der Waals surface area contributed by atoms with Gasteiger partial charge in [0.1, 0.15) is 11.6 Å². The second-order valence-corrected chi connectivity index (χ2v) is 9.23. The highest BCUT2D eigenvalue weighted by Crippen LogP contribution is 2.31. The van der Waals surface area contributed by atoms with E-state index in [9.17, 15) is 27.1 Å². The second kappa shape index (κ2) is 9.07. The van der Waals surface area contributed by atoms with Crippen LogP contribution in [0.3, 0.4) is 0 Å². The lowest BCUT2D eigenvalue weighted by Crippen LogP contribution is -2.46. The van der Waals surface area contributed by atoms with E-state index in [0.717, 1.165) is 30.0 Å². The number of halogens is 2. The van der Waals surface area contributed by atoms with Crippen LogP contribution in [-0.4, -0.2) is 45.7 Å². The van der Waals surface area contributed by atoms with E-state index in [2.05, 4.69) is 9.62 Å². The number of carbonyl (C=O) groups is 1. The molecule has 0 saturated carbocycles. The van der Waals surface area contributed by atoms with Gasteiger partial charge in [-0.15, -0.1) is 0 Å². The van der Waals surface area contributed by atoms with Crippen molar-refractivity contribution in [2.45, 2.75) is 4.90 Å². The van der Waals surface area contributed by atoms with Gasteiger partial charge in [-0.05, 0) is 66.7 Å². The fourth-order valence-electron chi connectivity index (χ4n) is 3.70. The summed E-state index contributed by atoms with van der Waals surface area (Å²) >= 11 is 0. The van der Waals surface area contributed by atoms with Crippen molar-refractivity contribution >= 4 is 33.1 Å². The van der Waals surface area contributed by atoms with Gasteiger partial charge < -0.3 is 14.9 Å². The molecule has 0 aromatic heterocycles. The van der Waals surface area contributed by atoms with E-state index in [1.807, 2.05) is 4.90 Å². The predicted molar refractivity (Wildman–Crippen MR) is 121 cm³/mol. The average molecular weight is 474 g/mol. The lowest BCUT2D eigenvalue weighted by atomic mass is 10.1. The van der Waals surface area contributed by atoms with E-state index in [0.29, 0.717) is 31.9 Å². The lowest BCUT2D eigenvalue weighted by molar-refractivity contribution is 0.0697. The van der Waals surface area contributed by atoms with Gasteiger partial charge in [0.05, 0.1) is 21.8 Å². The summed E-state index contributed by atoms with van der Waals surface area (Å²) in [4.78, 5) is 15.4. The number of hydrogen-bond acceptors (Lipinski definition) is 5. The van der Waals surface area contributed by atoms with Crippen LogP contribution in [0.4, 0.5) is 25.8 Å². The van der Waals surface area contributed by atoms with Gasteiger partial charge >= 0.3 is 5.97 Å². The summed E-state index contributed by atoms with van der Waals surface area (Å²) < 4.78 is 54.6. The molecule has 1 aliphatic heterocycles. The van der Waals surface area contributed by atoms with Gasteiger partial charge in [0.2, 0.25) is 0 Å². The summed E-state index contributed by atoms with van der Waals surface area (Å²) in [6.45, 7) is 2.29. The molecular weight excluding hydrogens is 452 g/mol. The van der Waals surface area contributed by atoms with Gasteiger partial charge in [-0.25, -0.2) is 22.0 Å². The van der Waals surface area contributed by atoms with E-state index in [1.165, 1.54) is 24.3 Å². The molecule has 0 spiro atoms. The van der Waals surface area contributed by atoms with Gasteiger partial charge in [0.25, 0.3) is 10.0 Å². The first-order valence-electron chi connectivity index (χ1n) is 10.1. The van der Waals surface area contributed by atoms with Crippen molar-refractivity contribution in [3.8, 4) is 0 Å². The Morgan fingerprint density at radius 1 is 0.818 bits per heavy atom. The average Bonchev–Trinajstić information content (AvgIpc) is 2.80. The maximum absolute atomic E-state index is 13.2. The van der Waals surface area contributed by atoms with Gasteiger partial charge in [-0.2, -0.15) is 0 Å². The van der Waals surface area contributed by atoms with E-state index in [1.54, 1.807) is 18.2 Å². The van der Waals surface area contributed by atoms with Crippen LogP contribution in [0, 0.1) is 11.6 Å². The van der Waals surface area contributed by atoms with Gasteiger partial charge in [0.15, 0.2) is 0 Å². The van der Waals surface area contributed by atoms with Crippen LogP contribution in [0.25, 0.3) is 0 Å². The summed E-state index contributed by atoms with van der Waals surface area (Å²) in [5.41, 5.74) is 1.47. The molecule has 0 aliphatic carbocycles. The van der Waals surface area contributed by atoms with E-state index < -0.39 is 21.8 Å². The first-order chi connectivity index (χ1) is 15.7. The predicted octanol–water partition coefficient (Wildman–Crippen LogP) is 3.79. The lowest BCUT2D eigenvalue weighted by Gasteiger charge is -2.38. The summed E-state index contributed by atoms with van der Waals surface area (Å²) in [6.07, 6.45) is 0. The zero-order chi connectivity index (χ0) is 23.6. The third-order valence-corrected chi connectivity index (χ3v) is 6.81. The number of rotatable bonds is 6. The standard InChI is InChI=1S/C23H21F2N3O4S/c24-17-2-6-19(7-3-17)27-11-13-28(14-12-27)22-10-1-16(23(29)30)15-21(22)26-33(31,32)20-8-4-18(25)5-9-20/h1-10,15,26H,11-14H2,(H,29,30). The number of carboxylic acid groups (broad SMARTS) is 1. The quantitative estimate of drug-likeness (QED) is 0.566. The number of anilines is 3. The Labute approximate surface area is 189 Å². The van der Waals surface area contributed by atoms with Gasteiger partial charge in [-0.1, -0.05) is 0 Å². The monoisotopic (exact) mass is 473 g/mol. The Morgan fingerprint density at radius 3 is 1.94 bits per heavy atom. The molecule has 2 N–H and O–H groups in total. The summed E-state index contributed by atoms with van der Waals surface area (Å²) in [7, 11) is -4.07. The zero-order valence-electron chi connectivity index (χ0n) is 17.4. The van der Waals surface area contributed by atoms with Crippen molar-refractivity contribution in [1.82, 2.24) is 0 Å². The highest BCUT2D eigenvalue weighted by Gasteiger charge is 2.23. The third kappa shape index (κ3) is 5.06. The number of sulfonamides is 1. The van der Waals surface area contributed by atoms with Crippen LogP contribution in [0.5, 0.6) is 0 Å². The maximum atomic E-state index is 13.2. The Bertz CT molecular complexity index is 1260. The fourth-order valence-corrected chi connectivity index (χ4v) is 4.77. The maximum Gasteiger partial charge on any atom is 0.335 e. The Hall–Kier alpha value is -3.66. The number of hydrogen-bond donors (Lipinski definition) is 2. The number of nitrogens with zero attached hydrogens (tertiary/aromatic N) is 2.